The number of rotatable bonds is 5. The average molecular weight is 409 g/mol. The maximum absolute atomic E-state index is 13.1. The molecule has 0 aliphatic carbocycles. The molecule has 0 saturated carbocycles. The lowest BCUT2D eigenvalue weighted by atomic mass is 10.2. The number of hydrogen-bond acceptors (Lipinski definition) is 6. The van der Waals surface area contributed by atoms with Crippen molar-refractivity contribution in [2.45, 2.75) is 13.1 Å². The van der Waals surface area contributed by atoms with E-state index in [1.165, 1.54) is 25.6 Å². The second-order valence-corrected chi connectivity index (χ2v) is 6.41. The van der Waals surface area contributed by atoms with E-state index in [1.54, 1.807) is 24.3 Å². The molecule has 0 atom stereocenters. The van der Waals surface area contributed by atoms with Gasteiger partial charge < -0.3 is 4.74 Å². The number of hydrogen-bond donors (Lipinski definition) is 1. The first-order chi connectivity index (χ1) is 13.3. The number of alkyl halides is 3. The normalized spacial score (nSPS) is 11.8. The fraction of sp³-hybridized carbons (Fsp3) is 0.176. The number of thiazole rings is 1. The van der Waals surface area contributed by atoms with E-state index in [4.69, 9.17) is 4.74 Å². The van der Waals surface area contributed by atoms with Crippen molar-refractivity contribution in [3.63, 3.8) is 0 Å². The summed E-state index contributed by atoms with van der Waals surface area (Å²) in [6.07, 6.45) is -3.18. The Morgan fingerprint density at radius 3 is 2.86 bits per heavy atom. The molecule has 0 bridgehead atoms. The number of carbonyl (C=O) groups excluding carboxylic acids is 1. The third kappa shape index (κ3) is 4.36. The van der Waals surface area contributed by atoms with Crippen molar-refractivity contribution in [1.82, 2.24) is 20.2 Å². The van der Waals surface area contributed by atoms with Gasteiger partial charge in [0.15, 0.2) is 5.69 Å². The van der Waals surface area contributed by atoms with Crippen molar-refractivity contribution in [2.75, 3.05) is 7.11 Å². The lowest BCUT2D eigenvalue weighted by Crippen LogP contribution is -2.18. The van der Waals surface area contributed by atoms with Crippen LogP contribution in [0, 0.1) is 6.92 Å². The zero-order valence-corrected chi connectivity index (χ0v) is 15.5. The van der Waals surface area contributed by atoms with Gasteiger partial charge in [-0.2, -0.15) is 23.4 Å². The average Bonchev–Trinajstić information content (AvgIpc) is 3.28. The summed E-state index contributed by atoms with van der Waals surface area (Å²) < 4.78 is 45.1. The van der Waals surface area contributed by atoms with Gasteiger partial charge in [0.25, 0.3) is 5.91 Å². The number of halogens is 3. The van der Waals surface area contributed by atoms with Crippen LogP contribution in [-0.2, 0) is 6.18 Å². The standard InChI is InChI=1S/C17H14F3N5O2S/c1-10-6-14(17(18,19)20)25(24-10)16-22-13(9-28-16)15(26)23-21-8-11-4-3-5-12(7-11)27-2/h3-9H,1-2H3,(H,23,26). The predicted molar refractivity (Wildman–Crippen MR) is 97.0 cm³/mol. The van der Waals surface area contributed by atoms with Crippen LogP contribution in [0.15, 0.2) is 40.8 Å². The zero-order chi connectivity index (χ0) is 20.3. The first-order valence-electron chi connectivity index (χ1n) is 7.85. The Bertz CT molecular complexity index is 1030. The second-order valence-electron chi connectivity index (χ2n) is 5.57. The van der Waals surface area contributed by atoms with Crippen LogP contribution in [0.2, 0.25) is 0 Å². The summed E-state index contributed by atoms with van der Waals surface area (Å²) in [6, 6.07) is 7.92. The molecule has 0 radical (unpaired) electrons. The minimum Gasteiger partial charge on any atom is -0.497 e. The molecule has 3 rings (SSSR count). The molecule has 0 spiro atoms. The number of aromatic nitrogens is 3. The molecule has 0 saturated heterocycles. The Kier molecular flexibility index (Phi) is 5.45. The SMILES string of the molecule is COc1cccc(C=NNC(=O)c2csc(-n3nc(C)cc3C(F)(F)F)n2)c1. The van der Waals surface area contributed by atoms with E-state index >= 15 is 0 Å². The Morgan fingerprint density at radius 2 is 2.14 bits per heavy atom. The van der Waals surface area contributed by atoms with Crippen molar-refractivity contribution in [1.29, 1.82) is 0 Å². The van der Waals surface area contributed by atoms with E-state index in [1.807, 2.05) is 0 Å². The highest BCUT2D eigenvalue weighted by Crippen LogP contribution is 2.32. The molecule has 1 amide bonds. The molecule has 0 unspecified atom stereocenters. The summed E-state index contributed by atoms with van der Waals surface area (Å²) in [6.45, 7) is 1.44. The maximum atomic E-state index is 13.1. The zero-order valence-electron chi connectivity index (χ0n) is 14.7. The maximum Gasteiger partial charge on any atom is 0.433 e. The molecule has 1 aromatic carbocycles. The molecule has 146 valence electrons. The van der Waals surface area contributed by atoms with Crippen LogP contribution in [0.3, 0.4) is 0 Å². The van der Waals surface area contributed by atoms with Gasteiger partial charge in [-0.05, 0) is 30.7 Å². The molecule has 2 heterocycles. The minimum atomic E-state index is -4.59. The second kappa shape index (κ2) is 7.80. The molecule has 7 nitrogen and oxygen atoms in total. The highest BCUT2D eigenvalue weighted by molar-refractivity contribution is 7.12. The van der Waals surface area contributed by atoms with Gasteiger partial charge in [-0.3, -0.25) is 4.79 Å². The monoisotopic (exact) mass is 409 g/mol. The molecule has 1 N–H and O–H groups in total. The Labute approximate surface area is 161 Å². The topological polar surface area (TPSA) is 81.4 Å². The molecule has 11 heteroatoms. The van der Waals surface area contributed by atoms with Crippen LogP contribution in [-0.4, -0.2) is 34.0 Å². The summed E-state index contributed by atoms with van der Waals surface area (Å²) in [5.41, 5.74) is 2.15. The third-order valence-corrected chi connectivity index (χ3v) is 4.32. The van der Waals surface area contributed by atoms with E-state index in [9.17, 15) is 18.0 Å². The van der Waals surface area contributed by atoms with Gasteiger partial charge in [-0.25, -0.2) is 15.1 Å². The number of hydrazone groups is 1. The molecule has 0 aliphatic heterocycles. The molecule has 3 aromatic rings. The number of carbonyl (C=O) groups is 1. The van der Waals surface area contributed by atoms with Crippen LogP contribution < -0.4 is 10.2 Å². The number of nitrogens with zero attached hydrogens (tertiary/aromatic N) is 4. The first-order valence-corrected chi connectivity index (χ1v) is 8.73. The summed E-state index contributed by atoms with van der Waals surface area (Å²) in [5.74, 6) is -0.0199. The van der Waals surface area contributed by atoms with Crippen molar-refractivity contribution >= 4 is 23.5 Å². The number of methoxy groups -OCH3 is 1. The third-order valence-electron chi connectivity index (χ3n) is 3.50. The Hall–Kier alpha value is -3.21. The first kappa shape index (κ1) is 19.5. The molecule has 28 heavy (non-hydrogen) atoms. The summed E-state index contributed by atoms with van der Waals surface area (Å²) >= 11 is 0.869. The number of nitrogens with one attached hydrogen (secondary N) is 1. The molecular formula is C17H14F3N5O2S. The van der Waals surface area contributed by atoms with Crippen LogP contribution in [0.25, 0.3) is 5.13 Å². The molecule has 0 aliphatic rings. The molecule has 2 aromatic heterocycles. The van der Waals surface area contributed by atoms with Gasteiger partial charge in [0.2, 0.25) is 5.13 Å². The number of benzene rings is 1. The fourth-order valence-corrected chi connectivity index (χ4v) is 3.02. The van der Waals surface area contributed by atoms with E-state index in [0.717, 1.165) is 17.4 Å². The number of aryl methyl sites for hydroxylation is 1. The number of amides is 1. The van der Waals surface area contributed by atoms with Crippen LogP contribution in [0.1, 0.15) is 27.4 Å². The quantitative estimate of drug-likeness (QED) is 0.517. The van der Waals surface area contributed by atoms with Gasteiger partial charge in [0.05, 0.1) is 19.0 Å². The number of ether oxygens (including phenoxy) is 1. The summed E-state index contributed by atoms with van der Waals surface area (Å²) in [4.78, 5) is 16.1. The highest BCUT2D eigenvalue weighted by atomic mass is 32.1. The van der Waals surface area contributed by atoms with Crippen molar-refractivity contribution in [3.05, 3.63) is 58.4 Å². The van der Waals surface area contributed by atoms with Crippen LogP contribution in [0.5, 0.6) is 5.75 Å². The van der Waals surface area contributed by atoms with Crippen molar-refractivity contribution in [3.8, 4) is 10.9 Å². The van der Waals surface area contributed by atoms with Gasteiger partial charge >= 0.3 is 6.18 Å². The van der Waals surface area contributed by atoms with Gasteiger partial charge in [0, 0.05) is 5.38 Å². The fourth-order valence-electron chi connectivity index (χ4n) is 2.26. The predicted octanol–water partition coefficient (Wildman–Crippen LogP) is 3.43. The van der Waals surface area contributed by atoms with Crippen molar-refractivity contribution in [2.24, 2.45) is 5.10 Å². The van der Waals surface area contributed by atoms with Gasteiger partial charge in [0.1, 0.15) is 11.4 Å². The van der Waals surface area contributed by atoms with Gasteiger partial charge in [-0.15, -0.1) is 11.3 Å². The van der Waals surface area contributed by atoms with Crippen molar-refractivity contribution < 1.29 is 22.7 Å². The minimum absolute atomic E-state index is 0.0657. The Balaban J connectivity index is 1.74. The lowest BCUT2D eigenvalue weighted by molar-refractivity contribution is -0.142. The molecule has 0 fully saturated rings. The largest absolute Gasteiger partial charge is 0.497 e. The summed E-state index contributed by atoms with van der Waals surface area (Å²) in [7, 11) is 1.53. The van der Waals surface area contributed by atoms with E-state index < -0.39 is 17.8 Å². The lowest BCUT2D eigenvalue weighted by Gasteiger charge is -2.07. The molecular weight excluding hydrogens is 395 g/mol. The Morgan fingerprint density at radius 1 is 1.36 bits per heavy atom. The van der Waals surface area contributed by atoms with E-state index in [2.05, 4.69) is 20.6 Å². The van der Waals surface area contributed by atoms with Crippen LogP contribution >= 0.6 is 11.3 Å². The van der Waals surface area contributed by atoms with Gasteiger partial charge in [-0.1, -0.05) is 12.1 Å². The van der Waals surface area contributed by atoms with Crippen LogP contribution in [0.4, 0.5) is 13.2 Å². The van der Waals surface area contributed by atoms with E-state index in [0.29, 0.717) is 16.0 Å². The summed E-state index contributed by atoms with van der Waals surface area (Å²) in [5, 5.41) is 8.90. The highest BCUT2D eigenvalue weighted by Gasteiger charge is 2.36. The smallest absolute Gasteiger partial charge is 0.433 e. The van der Waals surface area contributed by atoms with E-state index in [-0.39, 0.29) is 16.5 Å².